The minimum Gasteiger partial charge on any atom is -0.361 e. The Kier molecular flexibility index (Phi) is 6.16. The van der Waals surface area contributed by atoms with E-state index in [1.54, 1.807) is 0 Å². The van der Waals surface area contributed by atoms with Gasteiger partial charge in [-0.2, -0.15) is 4.31 Å². The summed E-state index contributed by atoms with van der Waals surface area (Å²) in [6, 6.07) is 15.7. The molecule has 0 saturated heterocycles. The molecule has 148 valence electrons. The fourth-order valence-electron chi connectivity index (χ4n) is 3.07. The number of aromatic amines is 1. The molecule has 0 aliphatic heterocycles. The molecule has 2 aromatic carbocycles. The van der Waals surface area contributed by atoms with Crippen molar-refractivity contribution >= 4 is 26.8 Å². The highest BCUT2D eigenvalue weighted by atomic mass is 32.2. The van der Waals surface area contributed by atoms with E-state index in [9.17, 15) is 13.2 Å². The zero-order chi connectivity index (χ0) is 20.1. The Hall–Kier alpha value is -2.64. The Bertz CT molecular complexity index is 1060. The fraction of sp³-hybridized carbons (Fsp3) is 0.286. The quantitative estimate of drug-likeness (QED) is 0.611. The standard InChI is InChI=1S/C21H25N3O3S/c1-16-7-9-17(10-8-16)13-23-21(25)15-24(28(2,26)27)12-11-18-14-22-20-6-4-3-5-19(18)20/h3-10,14,22H,11-13,15H2,1-2H3,(H,23,25). The molecular formula is C21H25N3O3S. The van der Waals surface area contributed by atoms with Crippen molar-refractivity contribution in [1.29, 1.82) is 0 Å². The number of H-pyrrole nitrogens is 1. The molecule has 0 saturated carbocycles. The van der Waals surface area contributed by atoms with Crippen molar-refractivity contribution in [3.8, 4) is 0 Å². The SMILES string of the molecule is Cc1ccc(CNC(=O)CN(CCc2c[nH]c3ccccc23)S(C)(=O)=O)cc1. The van der Waals surface area contributed by atoms with E-state index < -0.39 is 10.0 Å². The number of nitrogens with one attached hydrogen (secondary N) is 2. The first-order valence-corrected chi connectivity index (χ1v) is 11.0. The van der Waals surface area contributed by atoms with Gasteiger partial charge in [-0.05, 0) is 30.5 Å². The van der Waals surface area contributed by atoms with Crippen LogP contribution in [0.2, 0.25) is 0 Å². The molecule has 6 nitrogen and oxygen atoms in total. The molecule has 0 aliphatic rings. The first kappa shape index (κ1) is 20.1. The lowest BCUT2D eigenvalue weighted by Gasteiger charge is -2.19. The van der Waals surface area contributed by atoms with Crippen LogP contribution in [0.15, 0.2) is 54.7 Å². The summed E-state index contributed by atoms with van der Waals surface area (Å²) in [6.45, 7) is 2.44. The molecule has 0 atom stereocenters. The number of aryl methyl sites for hydroxylation is 1. The van der Waals surface area contributed by atoms with Crippen molar-refractivity contribution in [3.63, 3.8) is 0 Å². The number of amides is 1. The van der Waals surface area contributed by atoms with Crippen LogP contribution < -0.4 is 5.32 Å². The van der Waals surface area contributed by atoms with Gasteiger partial charge in [0.05, 0.1) is 12.8 Å². The topological polar surface area (TPSA) is 82.3 Å². The van der Waals surface area contributed by atoms with Crippen molar-refractivity contribution in [1.82, 2.24) is 14.6 Å². The van der Waals surface area contributed by atoms with Crippen LogP contribution >= 0.6 is 0 Å². The molecule has 3 aromatic rings. The normalized spacial score (nSPS) is 11.8. The molecule has 0 aliphatic carbocycles. The third-order valence-corrected chi connectivity index (χ3v) is 5.95. The number of nitrogens with zero attached hydrogens (tertiary/aromatic N) is 1. The van der Waals surface area contributed by atoms with E-state index in [1.165, 1.54) is 4.31 Å². The van der Waals surface area contributed by atoms with Gasteiger partial charge in [0.15, 0.2) is 0 Å². The van der Waals surface area contributed by atoms with Crippen molar-refractivity contribution < 1.29 is 13.2 Å². The van der Waals surface area contributed by atoms with Crippen LogP contribution in [-0.4, -0.2) is 43.0 Å². The molecule has 1 amide bonds. The van der Waals surface area contributed by atoms with Crippen LogP contribution in [0.3, 0.4) is 0 Å². The maximum Gasteiger partial charge on any atom is 0.235 e. The predicted molar refractivity (Wildman–Crippen MR) is 111 cm³/mol. The highest BCUT2D eigenvalue weighted by molar-refractivity contribution is 7.88. The minimum atomic E-state index is -3.49. The zero-order valence-corrected chi connectivity index (χ0v) is 16.9. The van der Waals surface area contributed by atoms with Gasteiger partial charge in [-0.15, -0.1) is 0 Å². The monoisotopic (exact) mass is 399 g/mol. The summed E-state index contributed by atoms with van der Waals surface area (Å²) in [7, 11) is -3.49. The number of fused-ring (bicyclic) bond motifs is 1. The van der Waals surface area contributed by atoms with Gasteiger partial charge in [0.1, 0.15) is 0 Å². The molecular weight excluding hydrogens is 374 g/mol. The van der Waals surface area contributed by atoms with Crippen LogP contribution in [-0.2, 0) is 27.8 Å². The Morgan fingerprint density at radius 2 is 1.82 bits per heavy atom. The Morgan fingerprint density at radius 3 is 2.54 bits per heavy atom. The number of hydrogen-bond donors (Lipinski definition) is 2. The molecule has 0 unspecified atom stereocenters. The van der Waals surface area contributed by atoms with E-state index >= 15 is 0 Å². The Labute approximate surface area is 165 Å². The minimum absolute atomic E-state index is 0.187. The summed E-state index contributed by atoms with van der Waals surface area (Å²) in [4.78, 5) is 15.5. The number of carbonyl (C=O) groups is 1. The Balaban J connectivity index is 1.60. The highest BCUT2D eigenvalue weighted by Gasteiger charge is 2.20. The van der Waals surface area contributed by atoms with Gasteiger partial charge in [0, 0.05) is 30.2 Å². The summed E-state index contributed by atoms with van der Waals surface area (Å²) in [5.74, 6) is -0.315. The van der Waals surface area contributed by atoms with Crippen LogP contribution in [0, 0.1) is 6.92 Å². The molecule has 0 fully saturated rings. The van der Waals surface area contributed by atoms with Gasteiger partial charge in [0.25, 0.3) is 0 Å². The average molecular weight is 400 g/mol. The lowest BCUT2D eigenvalue weighted by molar-refractivity contribution is -0.121. The van der Waals surface area contributed by atoms with Gasteiger partial charge >= 0.3 is 0 Å². The number of aromatic nitrogens is 1. The van der Waals surface area contributed by atoms with Gasteiger partial charge in [-0.3, -0.25) is 4.79 Å². The van der Waals surface area contributed by atoms with Crippen molar-refractivity contribution in [2.24, 2.45) is 0 Å². The summed E-state index contributed by atoms with van der Waals surface area (Å²) in [5.41, 5.74) is 4.17. The summed E-state index contributed by atoms with van der Waals surface area (Å²) >= 11 is 0. The predicted octanol–water partition coefficient (Wildman–Crippen LogP) is 2.60. The molecule has 2 N–H and O–H groups in total. The highest BCUT2D eigenvalue weighted by Crippen LogP contribution is 2.18. The maximum atomic E-state index is 12.3. The number of carbonyl (C=O) groups excluding carboxylic acids is 1. The number of sulfonamides is 1. The third kappa shape index (κ3) is 5.21. The van der Waals surface area contributed by atoms with Crippen LogP contribution in [0.25, 0.3) is 10.9 Å². The summed E-state index contributed by atoms with van der Waals surface area (Å²) in [6.07, 6.45) is 3.56. The summed E-state index contributed by atoms with van der Waals surface area (Å²) in [5, 5.41) is 3.86. The molecule has 0 bridgehead atoms. The lowest BCUT2D eigenvalue weighted by atomic mass is 10.1. The fourth-order valence-corrected chi connectivity index (χ4v) is 3.84. The first-order valence-electron chi connectivity index (χ1n) is 9.15. The van der Waals surface area contributed by atoms with Crippen LogP contribution in [0.5, 0.6) is 0 Å². The lowest BCUT2D eigenvalue weighted by Crippen LogP contribution is -2.41. The van der Waals surface area contributed by atoms with Crippen molar-refractivity contribution in [2.45, 2.75) is 19.9 Å². The van der Waals surface area contributed by atoms with Gasteiger partial charge < -0.3 is 10.3 Å². The van der Waals surface area contributed by atoms with Crippen molar-refractivity contribution in [3.05, 3.63) is 71.4 Å². The average Bonchev–Trinajstić information content (AvgIpc) is 3.07. The smallest absolute Gasteiger partial charge is 0.235 e. The number of benzene rings is 2. The van der Waals surface area contributed by atoms with E-state index in [2.05, 4.69) is 10.3 Å². The largest absolute Gasteiger partial charge is 0.361 e. The van der Waals surface area contributed by atoms with Crippen LogP contribution in [0.1, 0.15) is 16.7 Å². The second-order valence-electron chi connectivity index (χ2n) is 6.97. The first-order chi connectivity index (χ1) is 13.3. The molecule has 0 spiro atoms. The number of hydrogen-bond acceptors (Lipinski definition) is 3. The molecule has 1 heterocycles. The second kappa shape index (κ2) is 8.58. The van der Waals surface area contributed by atoms with Crippen molar-refractivity contribution in [2.75, 3.05) is 19.3 Å². The van der Waals surface area contributed by atoms with E-state index in [0.717, 1.165) is 33.8 Å². The van der Waals surface area contributed by atoms with E-state index in [-0.39, 0.29) is 19.0 Å². The summed E-state index contributed by atoms with van der Waals surface area (Å²) < 4.78 is 25.5. The molecule has 7 heteroatoms. The molecule has 28 heavy (non-hydrogen) atoms. The number of rotatable bonds is 8. The van der Waals surface area contributed by atoms with E-state index in [4.69, 9.17) is 0 Å². The maximum absolute atomic E-state index is 12.3. The van der Waals surface area contributed by atoms with Crippen LogP contribution in [0.4, 0.5) is 0 Å². The van der Waals surface area contributed by atoms with E-state index in [1.807, 2.05) is 61.7 Å². The van der Waals surface area contributed by atoms with Gasteiger partial charge in [-0.1, -0.05) is 48.0 Å². The third-order valence-electron chi connectivity index (χ3n) is 4.70. The zero-order valence-electron chi connectivity index (χ0n) is 16.1. The van der Waals surface area contributed by atoms with E-state index in [0.29, 0.717) is 13.0 Å². The molecule has 3 rings (SSSR count). The van der Waals surface area contributed by atoms with Gasteiger partial charge in [0.2, 0.25) is 15.9 Å². The number of para-hydroxylation sites is 1. The second-order valence-corrected chi connectivity index (χ2v) is 8.95. The molecule has 0 radical (unpaired) electrons. The molecule has 1 aromatic heterocycles. The Morgan fingerprint density at radius 1 is 1.11 bits per heavy atom. The van der Waals surface area contributed by atoms with Gasteiger partial charge in [-0.25, -0.2) is 8.42 Å².